The fourth-order valence-electron chi connectivity index (χ4n) is 1.85. The summed E-state index contributed by atoms with van der Waals surface area (Å²) in [4.78, 5) is 0.282. The summed E-state index contributed by atoms with van der Waals surface area (Å²) < 4.78 is 28.3. The van der Waals surface area contributed by atoms with Crippen molar-refractivity contribution in [3.05, 3.63) is 23.8 Å². The van der Waals surface area contributed by atoms with E-state index in [1.54, 1.807) is 6.07 Å². The summed E-state index contributed by atoms with van der Waals surface area (Å²) in [7, 11) is -3.57. The first-order valence-corrected chi connectivity index (χ1v) is 9.22. The van der Waals surface area contributed by atoms with Gasteiger partial charge in [0.1, 0.15) is 4.90 Å². The molecule has 4 nitrogen and oxygen atoms in total. The van der Waals surface area contributed by atoms with Gasteiger partial charge in [-0.2, -0.15) is 8.42 Å². The zero-order valence-corrected chi connectivity index (χ0v) is 13.6. The van der Waals surface area contributed by atoms with E-state index in [4.69, 9.17) is 0 Å². The maximum atomic E-state index is 12.2. The van der Waals surface area contributed by atoms with E-state index in [9.17, 15) is 8.42 Å². The number of rotatable bonds is 4. The monoisotopic (exact) mass is 312 g/mol. The van der Waals surface area contributed by atoms with Crippen LogP contribution >= 0.6 is 11.8 Å². The number of hydrogen-bond acceptors (Lipinski definition) is 4. The van der Waals surface area contributed by atoms with E-state index in [0.717, 1.165) is 24.2 Å². The second-order valence-electron chi connectivity index (χ2n) is 5.21. The van der Waals surface area contributed by atoms with Crippen LogP contribution in [-0.4, -0.2) is 19.3 Å². The minimum Gasteiger partial charge on any atom is -0.333 e. The van der Waals surface area contributed by atoms with E-state index in [0.29, 0.717) is 16.8 Å². The number of nitrogens with one attached hydrogen (secondary N) is 1. The number of nitrogens with zero attached hydrogens (tertiary/aromatic N) is 1. The molecule has 0 amide bonds. The number of benzene rings is 1. The van der Waals surface area contributed by atoms with Crippen LogP contribution in [0.1, 0.15) is 32.8 Å². The van der Waals surface area contributed by atoms with Crippen molar-refractivity contribution in [1.29, 1.82) is 0 Å². The van der Waals surface area contributed by atoms with Gasteiger partial charge in [-0.15, -0.1) is 4.40 Å². The Bertz CT molecular complexity index is 622. The Morgan fingerprint density at radius 3 is 2.75 bits per heavy atom. The molecule has 1 aromatic carbocycles. The molecule has 2 rings (SSSR count). The van der Waals surface area contributed by atoms with Crippen molar-refractivity contribution in [2.24, 2.45) is 10.3 Å². The van der Waals surface area contributed by atoms with Gasteiger partial charge in [0.05, 0.1) is 5.69 Å². The molecule has 0 spiro atoms. The van der Waals surface area contributed by atoms with Crippen LogP contribution in [0, 0.1) is 5.92 Å². The van der Waals surface area contributed by atoms with Gasteiger partial charge >= 0.3 is 0 Å². The summed E-state index contributed by atoms with van der Waals surface area (Å²) >= 11 is 1.46. The van der Waals surface area contributed by atoms with Gasteiger partial charge in [-0.3, -0.25) is 0 Å². The molecule has 20 heavy (non-hydrogen) atoms. The Balaban J connectivity index is 2.21. The summed E-state index contributed by atoms with van der Waals surface area (Å²) in [6, 6.07) is 5.48. The molecule has 1 aliphatic rings. The highest BCUT2D eigenvalue weighted by Crippen LogP contribution is 2.30. The molecule has 110 valence electrons. The first-order chi connectivity index (χ1) is 9.42. The molecule has 0 saturated carbocycles. The number of hydrogen-bond donors (Lipinski definition) is 1. The molecule has 0 aliphatic carbocycles. The SMILES string of the molecule is CCc1ccc2c(c1)S(=O)(=O)N=C(SCCC(C)C)N2. The molecule has 0 atom stereocenters. The number of amidine groups is 1. The normalized spacial score (nSPS) is 16.5. The van der Waals surface area contributed by atoms with E-state index in [-0.39, 0.29) is 4.90 Å². The van der Waals surface area contributed by atoms with Gasteiger partial charge < -0.3 is 5.32 Å². The van der Waals surface area contributed by atoms with Crippen molar-refractivity contribution in [1.82, 2.24) is 0 Å². The lowest BCUT2D eigenvalue weighted by Gasteiger charge is -2.18. The molecule has 6 heteroatoms. The van der Waals surface area contributed by atoms with E-state index < -0.39 is 10.0 Å². The Morgan fingerprint density at radius 1 is 1.35 bits per heavy atom. The van der Waals surface area contributed by atoms with Crippen LogP contribution < -0.4 is 5.32 Å². The fourth-order valence-corrected chi connectivity index (χ4v) is 4.38. The highest BCUT2D eigenvalue weighted by atomic mass is 32.2. The van der Waals surface area contributed by atoms with E-state index in [2.05, 4.69) is 23.6 Å². The maximum absolute atomic E-state index is 12.2. The molecule has 0 radical (unpaired) electrons. The molecule has 1 aromatic rings. The van der Waals surface area contributed by atoms with Gasteiger partial charge in [0.25, 0.3) is 10.0 Å². The summed E-state index contributed by atoms with van der Waals surface area (Å²) in [5, 5.41) is 3.59. The number of fused-ring (bicyclic) bond motifs is 1. The maximum Gasteiger partial charge on any atom is 0.286 e. The predicted octanol–water partition coefficient (Wildman–Crippen LogP) is 3.50. The lowest BCUT2D eigenvalue weighted by molar-refractivity contribution is 0.598. The van der Waals surface area contributed by atoms with Crippen molar-refractivity contribution in [2.45, 2.75) is 38.5 Å². The van der Waals surface area contributed by atoms with E-state index in [1.807, 2.05) is 19.1 Å². The summed E-state index contributed by atoms with van der Waals surface area (Å²) in [6.07, 6.45) is 1.84. The average Bonchev–Trinajstić information content (AvgIpc) is 2.37. The first kappa shape index (κ1) is 15.4. The minimum absolute atomic E-state index is 0.282. The Morgan fingerprint density at radius 2 is 2.10 bits per heavy atom. The van der Waals surface area contributed by atoms with Crippen molar-refractivity contribution in [2.75, 3.05) is 11.1 Å². The molecule has 0 unspecified atom stereocenters. The van der Waals surface area contributed by atoms with E-state index >= 15 is 0 Å². The van der Waals surface area contributed by atoms with Crippen LogP contribution in [0.4, 0.5) is 5.69 Å². The second-order valence-corrected chi connectivity index (χ2v) is 7.87. The van der Waals surface area contributed by atoms with Crippen LogP contribution in [0.15, 0.2) is 27.5 Å². The minimum atomic E-state index is -3.57. The fraction of sp³-hybridized carbons (Fsp3) is 0.500. The smallest absolute Gasteiger partial charge is 0.286 e. The van der Waals surface area contributed by atoms with Crippen molar-refractivity contribution < 1.29 is 8.42 Å². The quantitative estimate of drug-likeness (QED) is 0.924. The van der Waals surface area contributed by atoms with Crippen LogP contribution in [0.3, 0.4) is 0 Å². The molecule has 1 N–H and O–H groups in total. The molecule has 0 fully saturated rings. The molecular formula is C14H20N2O2S2. The van der Waals surface area contributed by atoms with Gasteiger partial charge in [0.15, 0.2) is 5.17 Å². The third kappa shape index (κ3) is 3.55. The van der Waals surface area contributed by atoms with Crippen molar-refractivity contribution in [3.63, 3.8) is 0 Å². The van der Waals surface area contributed by atoms with Crippen LogP contribution in [0.25, 0.3) is 0 Å². The Kier molecular flexibility index (Phi) is 4.75. The summed E-state index contributed by atoms with van der Waals surface area (Å²) in [6.45, 7) is 6.30. The highest BCUT2D eigenvalue weighted by molar-refractivity contribution is 8.14. The average molecular weight is 312 g/mol. The summed E-state index contributed by atoms with van der Waals surface area (Å²) in [5.74, 6) is 1.46. The molecular weight excluding hydrogens is 292 g/mol. The Hall–Kier alpha value is -1.01. The molecule has 1 heterocycles. The van der Waals surface area contributed by atoms with Gasteiger partial charge in [0.2, 0.25) is 0 Å². The largest absolute Gasteiger partial charge is 0.333 e. The molecule has 1 aliphatic heterocycles. The van der Waals surface area contributed by atoms with Crippen molar-refractivity contribution >= 4 is 32.6 Å². The van der Waals surface area contributed by atoms with Crippen molar-refractivity contribution in [3.8, 4) is 0 Å². The number of aryl methyl sites for hydroxylation is 1. The van der Waals surface area contributed by atoms with Crippen LogP contribution in [0.5, 0.6) is 0 Å². The summed E-state index contributed by atoms with van der Waals surface area (Å²) in [5.41, 5.74) is 1.63. The predicted molar refractivity (Wildman–Crippen MR) is 86.0 cm³/mol. The van der Waals surface area contributed by atoms with Gasteiger partial charge in [-0.1, -0.05) is 38.6 Å². The molecule has 0 bridgehead atoms. The number of anilines is 1. The Labute approximate surface area is 125 Å². The highest BCUT2D eigenvalue weighted by Gasteiger charge is 2.25. The lowest BCUT2D eigenvalue weighted by atomic mass is 10.1. The second kappa shape index (κ2) is 6.18. The van der Waals surface area contributed by atoms with E-state index in [1.165, 1.54) is 11.8 Å². The molecule has 0 aromatic heterocycles. The molecule has 0 saturated heterocycles. The number of thioether (sulfide) groups is 1. The first-order valence-electron chi connectivity index (χ1n) is 6.80. The van der Waals surface area contributed by atoms with Gasteiger partial charge in [0, 0.05) is 5.75 Å². The zero-order valence-electron chi connectivity index (χ0n) is 12.0. The van der Waals surface area contributed by atoms with Gasteiger partial charge in [-0.05, 0) is 36.5 Å². The third-order valence-electron chi connectivity index (χ3n) is 3.11. The lowest BCUT2D eigenvalue weighted by Crippen LogP contribution is -2.19. The van der Waals surface area contributed by atoms with Gasteiger partial charge in [-0.25, -0.2) is 0 Å². The van der Waals surface area contributed by atoms with Crippen LogP contribution in [-0.2, 0) is 16.4 Å². The number of sulfonamides is 1. The standard InChI is InChI=1S/C14H20N2O2S2/c1-4-11-5-6-12-13(9-11)20(17,18)16-14(15-12)19-8-7-10(2)3/h5-6,9-10H,4,7-8H2,1-3H3,(H,15,16). The third-order valence-corrected chi connectivity index (χ3v) is 5.45. The van der Waals surface area contributed by atoms with Crippen LogP contribution in [0.2, 0.25) is 0 Å². The topological polar surface area (TPSA) is 58.5 Å². The zero-order chi connectivity index (χ0) is 14.8.